The van der Waals surface area contributed by atoms with Gasteiger partial charge in [0.05, 0.1) is 39.9 Å². The zero-order chi connectivity index (χ0) is 57.0. The van der Waals surface area contributed by atoms with E-state index in [9.17, 15) is 19.4 Å². The Balaban J connectivity index is 4.34. The largest absolute Gasteiger partial charge is 0.472 e. The van der Waals surface area contributed by atoms with Crippen LogP contribution in [0.3, 0.4) is 0 Å². The summed E-state index contributed by atoms with van der Waals surface area (Å²) < 4.78 is 23.7. The van der Waals surface area contributed by atoms with Crippen LogP contribution in [0.5, 0.6) is 0 Å². The Morgan fingerprint density at radius 2 is 0.782 bits per heavy atom. The monoisotopic (exact) mass is 1100 g/mol. The van der Waals surface area contributed by atoms with E-state index >= 15 is 0 Å². The van der Waals surface area contributed by atoms with E-state index in [2.05, 4.69) is 165 Å². The fraction of sp³-hybridized carbons (Fsp3) is 0.609. The predicted molar refractivity (Wildman–Crippen MR) is 340 cm³/mol. The van der Waals surface area contributed by atoms with Crippen molar-refractivity contribution in [2.24, 2.45) is 0 Å². The first-order valence-electron chi connectivity index (χ1n) is 30.9. The van der Waals surface area contributed by atoms with Gasteiger partial charge in [0.1, 0.15) is 13.2 Å². The van der Waals surface area contributed by atoms with Crippen molar-refractivity contribution in [3.63, 3.8) is 0 Å². The minimum Gasteiger partial charge on any atom is -0.387 e. The topological polar surface area (TPSA) is 105 Å². The van der Waals surface area contributed by atoms with Gasteiger partial charge in [-0.15, -0.1) is 0 Å². The first-order chi connectivity index (χ1) is 38.0. The van der Waals surface area contributed by atoms with Crippen molar-refractivity contribution < 1.29 is 32.9 Å². The highest BCUT2D eigenvalue weighted by atomic mass is 31.2. The summed E-state index contributed by atoms with van der Waals surface area (Å²) in [5, 5.41) is 13.9. The molecule has 0 aliphatic heterocycles. The van der Waals surface area contributed by atoms with Gasteiger partial charge in [-0.3, -0.25) is 13.8 Å². The number of allylic oxidation sites excluding steroid dienone is 25. The van der Waals surface area contributed by atoms with Gasteiger partial charge in [0.15, 0.2) is 0 Å². The lowest BCUT2D eigenvalue weighted by molar-refractivity contribution is -0.870. The standard InChI is InChI=1S/C69H115N2O6P/c1-6-8-10-12-14-16-18-20-22-24-26-28-29-30-31-32-33-34-35-36-37-38-39-40-41-43-45-47-49-51-53-55-57-59-61-63-69(73)70-67(66-77-78(74,75)76-65-64-71(3,4)5)68(72)62-60-58-56-54-52-50-48-46-44-42-27-25-23-21-19-17-15-13-11-9-7-2/h8,10,14,16,20,22,26,28,30-31,33-34,36-37,39-40,43-46,49,51-52,54,60,62,67-68,72H,6-7,9,11-13,15,17-19,21,23-25,27,29,32,35,38,41-42,47-48,50,53,55-59,61,63-66H2,1-5H3,(H-,70,73,74,75)/p+1/b10-8-,16-14-,22-20-,28-26-,31-30-,34-33-,37-36-,40-39-,45-43-,46-44+,51-49-,54-52+,62-60+. The number of rotatable bonds is 54. The number of aliphatic hydroxyl groups is 1. The van der Waals surface area contributed by atoms with Crippen LogP contribution >= 0.6 is 7.82 Å². The molecule has 3 N–H and O–H groups in total. The third-order valence-corrected chi connectivity index (χ3v) is 13.7. The summed E-state index contributed by atoms with van der Waals surface area (Å²) in [6, 6.07) is -0.897. The van der Waals surface area contributed by atoms with Gasteiger partial charge in [-0.2, -0.15) is 0 Å². The summed E-state index contributed by atoms with van der Waals surface area (Å²) in [7, 11) is 1.50. The van der Waals surface area contributed by atoms with Gasteiger partial charge in [0.2, 0.25) is 5.91 Å². The van der Waals surface area contributed by atoms with Crippen LogP contribution in [0, 0.1) is 0 Å². The molecule has 442 valence electrons. The number of nitrogens with zero attached hydrogens (tertiary/aromatic N) is 1. The van der Waals surface area contributed by atoms with Crippen molar-refractivity contribution in [2.75, 3.05) is 40.9 Å². The quantitative estimate of drug-likeness (QED) is 0.0243. The molecule has 0 aromatic heterocycles. The van der Waals surface area contributed by atoms with Crippen LogP contribution in [0.25, 0.3) is 0 Å². The number of carbonyl (C=O) groups is 1. The molecule has 1 amide bonds. The lowest BCUT2D eigenvalue weighted by Crippen LogP contribution is -2.45. The van der Waals surface area contributed by atoms with Gasteiger partial charge in [-0.1, -0.05) is 249 Å². The molecular weight excluding hydrogens is 984 g/mol. The normalized spacial score (nSPS) is 14.9. The van der Waals surface area contributed by atoms with E-state index in [1.165, 1.54) is 77.0 Å². The van der Waals surface area contributed by atoms with Crippen LogP contribution in [0.15, 0.2) is 158 Å². The van der Waals surface area contributed by atoms with Crippen molar-refractivity contribution in [1.82, 2.24) is 5.32 Å². The Hall–Kier alpha value is -3.88. The maximum Gasteiger partial charge on any atom is 0.472 e. The molecule has 0 saturated carbocycles. The molecule has 0 bridgehead atoms. The van der Waals surface area contributed by atoms with Crippen LogP contribution in [0.1, 0.15) is 219 Å². The molecule has 3 unspecified atom stereocenters. The molecule has 0 aromatic carbocycles. The van der Waals surface area contributed by atoms with Gasteiger partial charge >= 0.3 is 7.82 Å². The van der Waals surface area contributed by atoms with Crippen LogP contribution < -0.4 is 5.32 Å². The zero-order valence-corrected chi connectivity index (χ0v) is 51.2. The number of hydrogen-bond acceptors (Lipinski definition) is 5. The SMILES string of the molecule is CC/C=C\C/C=C\C/C=C\C/C=C\C/C=C\C/C=C\C/C=C\C/C=C\C/C=C\C/C=C\CCCCCCC(=O)NC(COP(=O)(O)OCC[N+](C)(C)C)C(O)/C=C/CC/C=C/CC/C=C/CCCCCCCCCCCCC. The van der Waals surface area contributed by atoms with Crippen molar-refractivity contribution in [3.8, 4) is 0 Å². The maximum atomic E-state index is 13.0. The molecule has 3 atom stereocenters. The lowest BCUT2D eigenvalue weighted by atomic mass is 10.1. The molecule has 8 nitrogen and oxygen atoms in total. The molecule has 0 heterocycles. The molecule has 0 aliphatic rings. The molecule has 78 heavy (non-hydrogen) atoms. The molecular formula is C69H116N2O6P+. The maximum absolute atomic E-state index is 13.0. The van der Waals surface area contributed by atoms with Gasteiger partial charge in [0.25, 0.3) is 0 Å². The van der Waals surface area contributed by atoms with Crippen molar-refractivity contribution in [3.05, 3.63) is 158 Å². The van der Waals surface area contributed by atoms with Crippen LogP contribution in [0.2, 0.25) is 0 Å². The van der Waals surface area contributed by atoms with Crippen LogP contribution in [-0.4, -0.2) is 73.4 Å². The second-order valence-corrected chi connectivity index (χ2v) is 22.8. The molecule has 0 spiro atoms. The Morgan fingerprint density at radius 1 is 0.449 bits per heavy atom. The van der Waals surface area contributed by atoms with Gasteiger partial charge in [-0.25, -0.2) is 4.57 Å². The molecule has 0 fully saturated rings. The highest BCUT2D eigenvalue weighted by Gasteiger charge is 2.27. The summed E-state index contributed by atoms with van der Waals surface area (Å²) in [6.45, 7) is 4.64. The van der Waals surface area contributed by atoms with Gasteiger partial charge in [0, 0.05) is 6.42 Å². The number of likely N-dealkylation sites (N-methyl/N-ethyl adjacent to an activating group) is 1. The molecule has 0 rings (SSSR count). The second-order valence-electron chi connectivity index (χ2n) is 21.3. The summed E-state index contributed by atoms with van der Waals surface area (Å²) >= 11 is 0. The third-order valence-electron chi connectivity index (χ3n) is 12.7. The minimum atomic E-state index is -4.38. The predicted octanol–water partition coefficient (Wildman–Crippen LogP) is 19.4. The smallest absolute Gasteiger partial charge is 0.387 e. The van der Waals surface area contributed by atoms with E-state index in [1.54, 1.807) is 6.08 Å². The van der Waals surface area contributed by atoms with E-state index in [0.717, 1.165) is 122 Å². The number of unbranched alkanes of at least 4 members (excludes halogenated alkanes) is 17. The summed E-state index contributed by atoms with van der Waals surface area (Å²) in [6.07, 6.45) is 90.7. The third kappa shape index (κ3) is 59.8. The second kappa shape index (κ2) is 57.8. The fourth-order valence-corrected chi connectivity index (χ4v) is 8.66. The summed E-state index contributed by atoms with van der Waals surface area (Å²) in [5.74, 6) is -0.222. The molecule has 0 saturated heterocycles. The average molecular weight is 1100 g/mol. The Labute approximate surface area is 480 Å². The van der Waals surface area contributed by atoms with E-state index in [-0.39, 0.29) is 19.1 Å². The van der Waals surface area contributed by atoms with Gasteiger partial charge in [-0.05, 0) is 122 Å². The molecule has 0 aliphatic carbocycles. The first kappa shape index (κ1) is 74.1. The van der Waals surface area contributed by atoms with Crippen molar-refractivity contribution in [1.29, 1.82) is 0 Å². The van der Waals surface area contributed by atoms with Crippen LogP contribution in [-0.2, 0) is 18.4 Å². The minimum absolute atomic E-state index is 0.0391. The summed E-state index contributed by atoms with van der Waals surface area (Å²) in [4.78, 5) is 23.3. The first-order valence-corrected chi connectivity index (χ1v) is 32.4. The number of aliphatic hydroxyl groups excluding tert-OH is 1. The van der Waals surface area contributed by atoms with E-state index in [4.69, 9.17) is 9.05 Å². The number of nitrogens with one attached hydrogen (secondary N) is 1. The Bertz CT molecular complexity index is 1820. The van der Waals surface area contributed by atoms with E-state index in [1.807, 2.05) is 27.2 Å². The van der Waals surface area contributed by atoms with E-state index in [0.29, 0.717) is 17.4 Å². The zero-order valence-electron chi connectivity index (χ0n) is 50.3. The van der Waals surface area contributed by atoms with E-state index < -0.39 is 20.0 Å². The number of amides is 1. The summed E-state index contributed by atoms with van der Waals surface area (Å²) in [5.41, 5.74) is 0. The molecule has 0 aromatic rings. The number of hydrogen-bond donors (Lipinski definition) is 3. The van der Waals surface area contributed by atoms with Crippen molar-refractivity contribution in [2.45, 2.75) is 231 Å². The van der Waals surface area contributed by atoms with Crippen molar-refractivity contribution >= 4 is 13.7 Å². The highest BCUT2D eigenvalue weighted by molar-refractivity contribution is 7.47. The molecule has 0 radical (unpaired) electrons. The number of phosphoric ester groups is 1. The van der Waals surface area contributed by atoms with Crippen LogP contribution in [0.4, 0.5) is 0 Å². The van der Waals surface area contributed by atoms with Gasteiger partial charge < -0.3 is 19.8 Å². The number of carbonyl (C=O) groups excluding carboxylic acids is 1. The number of quaternary nitrogens is 1. The lowest BCUT2D eigenvalue weighted by Gasteiger charge is -2.25. The fourth-order valence-electron chi connectivity index (χ4n) is 7.92. The highest BCUT2D eigenvalue weighted by Crippen LogP contribution is 2.43. The average Bonchev–Trinajstić information content (AvgIpc) is 3.41. The Kier molecular flexibility index (Phi) is 54.9. The molecule has 9 heteroatoms. The number of phosphoric acid groups is 1. The Morgan fingerprint density at radius 3 is 1.18 bits per heavy atom.